The van der Waals surface area contributed by atoms with Gasteiger partial charge in [-0.05, 0) is 43.7 Å². The monoisotopic (exact) mass is 313 g/mol. The van der Waals surface area contributed by atoms with Crippen LogP contribution in [0.1, 0.15) is 37.9 Å². The third-order valence-corrected chi connectivity index (χ3v) is 4.92. The van der Waals surface area contributed by atoms with Crippen LogP contribution in [0.2, 0.25) is 0 Å². The van der Waals surface area contributed by atoms with E-state index >= 15 is 0 Å². The number of likely N-dealkylation sites (tertiary alicyclic amines) is 1. The molecule has 23 heavy (non-hydrogen) atoms. The molecule has 0 aromatic carbocycles. The van der Waals surface area contributed by atoms with E-state index in [2.05, 4.69) is 20.4 Å². The smallest absolute Gasteiger partial charge is 0.222 e. The fraction of sp³-hybridized carbons (Fsp3) is 0.588. The lowest BCUT2D eigenvalue weighted by atomic mass is 10.1. The van der Waals surface area contributed by atoms with Gasteiger partial charge in [0.05, 0.1) is 6.54 Å². The largest absolute Gasteiger partial charge is 0.342 e. The molecule has 6 nitrogen and oxygen atoms in total. The van der Waals surface area contributed by atoms with E-state index in [9.17, 15) is 4.79 Å². The summed E-state index contributed by atoms with van der Waals surface area (Å²) in [6, 6.07) is 6.28. The Morgan fingerprint density at radius 1 is 1.17 bits per heavy atom. The fourth-order valence-electron chi connectivity index (χ4n) is 3.29. The minimum Gasteiger partial charge on any atom is -0.342 e. The summed E-state index contributed by atoms with van der Waals surface area (Å²) in [6.45, 7) is 2.54. The number of hydrogen-bond acceptors (Lipinski definition) is 4. The van der Waals surface area contributed by atoms with Crippen molar-refractivity contribution in [1.82, 2.24) is 24.8 Å². The zero-order valence-electron chi connectivity index (χ0n) is 13.3. The predicted molar refractivity (Wildman–Crippen MR) is 86.8 cm³/mol. The number of carbonyl (C=O) groups is 1. The first-order chi connectivity index (χ1) is 11.3. The van der Waals surface area contributed by atoms with E-state index in [4.69, 9.17) is 0 Å². The third kappa shape index (κ3) is 3.37. The molecule has 1 atom stereocenters. The van der Waals surface area contributed by atoms with Crippen molar-refractivity contribution >= 4 is 11.6 Å². The van der Waals surface area contributed by atoms with Gasteiger partial charge in [0.1, 0.15) is 0 Å². The average molecular weight is 313 g/mol. The van der Waals surface area contributed by atoms with Crippen molar-refractivity contribution in [3.05, 3.63) is 30.2 Å². The van der Waals surface area contributed by atoms with Crippen LogP contribution in [0.25, 0.3) is 5.65 Å². The van der Waals surface area contributed by atoms with Gasteiger partial charge in [0.2, 0.25) is 5.91 Å². The Hall–Kier alpha value is -1.95. The number of fused-ring (bicyclic) bond motifs is 1. The Morgan fingerprint density at radius 3 is 2.96 bits per heavy atom. The normalized spacial score (nSPS) is 22.5. The van der Waals surface area contributed by atoms with Gasteiger partial charge in [0.15, 0.2) is 11.5 Å². The van der Waals surface area contributed by atoms with Crippen molar-refractivity contribution in [2.45, 2.75) is 44.7 Å². The second-order valence-corrected chi connectivity index (χ2v) is 6.73. The first-order valence-corrected chi connectivity index (χ1v) is 8.59. The molecule has 2 aromatic heterocycles. The molecule has 0 radical (unpaired) electrons. The number of hydrogen-bond donors (Lipinski definition) is 1. The molecule has 1 amide bonds. The van der Waals surface area contributed by atoms with Crippen LogP contribution in [0, 0.1) is 5.92 Å². The highest BCUT2D eigenvalue weighted by atomic mass is 16.2. The van der Waals surface area contributed by atoms with E-state index in [0.717, 1.165) is 43.3 Å². The fourth-order valence-corrected chi connectivity index (χ4v) is 3.29. The van der Waals surface area contributed by atoms with Gasteiger partial charge in [-0.15, -0.1) is 10.2 Å². The molecule has 6 heteroatoms. The molecule has 1 saturated heterocycles. The molecular formula is C17H23N5O. The van der Waals surface area contributed by atoms with Crippen LogP contribution >= 0.6 is 0 Å². The summed E-state index contributed by atoms with van der Waals surface area (Å²) < 4.78 is 2.01. The van der Waals surface area contributed by atoms with Crippen LogP contribution in [0.4, 0.5) is 0 Å². The number of amides is 1. The predicted octanol–water partition coefficient (Wildman–Crippen LogP) is 1.61. The molecule has 2 aromatic rings. The van der Waals surface area contributed by atoms with E-state index in [1.807, 2.05) is 28.8 Å². The number of nitrogens with one attached hydrogen (secondary N) is 1. The maximum Gasteiger partial charge on any atom is 0.222 e. The lowest BCUT2D eigenvalue weighted by Gasteiger charge is -2.20. The summed E-state index contributed by atoms with van der Waals surface area (Å²) in [4.78, 5) is 14.3. The van der Waals surface area contributed by atoms with E-state index in [1.54, 1.807) is 0 Å². The highest BCUT2D eigenvalue weighted by Gasteiger charge is 2.29. The molecule has 2 aliphatic rings. The Kier molecular flexibility index (Phi) is 3.99. The quantitative estimate of drug-likeness (QED) is 0.911. The number of rotatable bonds is 5. The van der Waals surface area contributed by atoms with Crippen LogP contribution in [-0.4, -0.2) is 44.5 Å². The number of aromatic nitrogens is 3. The van der Waals surface area contributed by atoms with E-state index < -0.39 is 0 Å². The lowest BCUT2D eigenvalue weighted by Crippen LogP contribution is -2.33. The van der Waals surface area contributed by atoms with Crippen LogP contribution in [0.15, 0.2) is 24.4 Å². The Bertz CT molecular complexity index is 693. The van der Waals surface area contributed by atoms with Gasteiger partial charge in [-0.1, -0.05) is 6.07 Å². The molecule has 1 N–H and O–H groups in total. The summed E-state index contributed by atoms with van der Waals surface area (Å²) in [6.07, 6.45) is 7.17. The number of pyridine rings is 1. The molecule has 1 unspecified atom stereocenters. The van der Waals surface area contributed by atoms with Crippen molar-refractivity contribution in [3.8, 4) is 0 Å². The first-order valence-electron chi connectivity index (χ1n) is 8.59. The maximum absolute atomic E-state index is 12.2. The summed E-state index contributed by atoms with van der Waals surface area (Å²) in [7, 11) is 0. The van der Waals surface area contributed by atoms with E-state index in [1.165, 1.54) is 12.8 Å². The zero-order valence-corrected chi connectivity index (χ0v) is 13.3. The molecule has 2 fully saturated rings. The van der Waals surface area contributed by atoms with Crippen molar-refractivity contribution in [2.75, 3.05) is 13.1 Å². The van der Waals surface area contributed by atoms with Crippen LogP contribution in [0.3, 0.4) is 0 Å². The van der Waals surface area contributed by atoms with Crippen LogP contribution in [0.5, 0.6) is 0 Å². The average Bonchev–Trinajstić information content (AvgIpc) is 3.33. The SMILES string of the molecule is O=C1CCC(NCc2nnc3ccccn23)CCN1CC1CC1. The Morgan fingerprint density at radius 2 is 2.09 bits per heavy atom. The molecule has 0 bridgehead atoms. The van der Waals surface area contributed by atoms with Gasteiger partial charge in [-0.3, -0.25) is 9.20 Å². The number of nitrogens with zero attached hydrogens (tertiary/aromatic N) is 4. The second kappa shape index (κ2) is 6.28. The highest BCUT2D eigenvalue weighted by molar-refractivity contribution is 5.76. The minimum atomic E-state index is 0.328. The van der Waals surface area contributed by atoms with E-state index in [0.29, 0.717) is 24.9 Å². The second-order valence-electron chi connectivity index (χ2n) is 6.73. The van der Waals surface area contributed by atoms with Crippen molar-refractivity contribution in [3.63, 3.8) is 0 Å². The van der Waals surface area contributed by atoms with Crippen molar-refractivity contribution < 1.29 is 4.79 Å². The molecule has 1 saturated carbocycles. The lowest BCUT2D eigenvalue weighted by molar-refractivity contribution is -0.130. The summed E-state index contributed by atoms with van der Waals surface area (Å²) in [5.41, 5.74) is 0.871. The summed E-state index contributed by atoms with van der Waals surface area (Å²) in [5.74, 6) is 2.02. The summed E-state index contributed by atoms with van der Waals surface area (Å²) >= 11 is 0. The van der Waals surface area contributed by atoms with Gasteiger partial charge in [0, 0.05) is 31.7 Å². The molecule has 3 heterocycles. The highest BCUT2D eigenvalue weighted by Crippen LogP contribution is 2.30. The van der Waals surface area contributed by atoms with Gasteiger partial charge >= 0.3 is 0 Å². The topological polar surface area (TPSA) is 62.5 Å². The zero-order chi connectivity index (χ0) is 15.6. The van der Waals surface area contributed by atoms with Gasteiger partial charge in [-0.2, -0.15) is 0 Å². The molecule has 4 rings (SSSR count). The van der Waals surface area contributed by atoms with Gasteiger partial charge in [-0.25, -0.2) is 0 Å². The number of carbonyl (C=O) groups excluding carboxylic acids is 1. The van der Waals surface area contributed by atoms with Crippen molar-refractivity contribution in [1.29, 1.82) is 0 Å². The standard InChI is InChI=1S/C17H23N5O/c23-17-7-6-14(8-10-21(17)12-13-4-5-13)18-11-16-20-19-15-3-1-2-9-22(15)16/h1-3,9,13-14,18H,4-8,10-12H2. The summed E-state index contributed by atoms with van der Waals surface area (Å²) in [5, 5.41) is 12.0. The molecule has 1 aliphatic heterocycles. The molecule has 0 spiro atoms. The van der Waals surface area contributed by atoms with Crippen LogP contribution in [-0.2, 0) is 11.3 Å². The Balaban J connectivity index is 1.34. The Labute approximate surface area is 135 Å². The van der Waals surface area contributed by atoms with Crippen LogP contribution < -0.4 is 5.32 Å². The minimum absolute atomic E-state index is 0.328. The molecule has 1 aliphatic carbocycles. The first kappa shape index (κ1) is 14.6. The third-order valence-electron chi connectivity index (χ3n) is 4.92. The molecular weight excluding hydrogens is 290 g/mol. The van der Waals surface area contributed by atoms with Crippen molar-refractivity contribution in [2.24, 2.45) is 5.92 Å². The van der Waals surface area contributed by atoms with Gasteiger partial charge < -0.3 is 10.2 Å². The molecule has 122 valence electrons. The van der Waals surface area contributed by atoms with Gasteiger partial charge in [0.25, 0.3) is 0 Å². The maximum atomic E-state index is 12.2. The van der Waals surface area contributed by atoms with E-state index in [-0.39, 0.29) is 0 Å².